The smallest absolute Gasteiger partial charge is 0.250 e. The number of hydrogen-bond acceptors (Lipinski definition) is 4. The zero-order chi connectivity index (χ0) is 12.5. The van der Waals surface area contributed by atoms with E-state index in [-0.39, 0.29) is 6.04 Å². The maximum atomic E-state index is 11.9. The average molecular weight is 274 g/mol. The summed E-state index contributed by atoms with van der Waals surface area (Å²) in [6.07, 6.45) is 1.93. The van der Waals surface area contributed by atoms with Crippen LogP contribution < -0.4 is 10.0 Å². The fraction of sp³-hybridized carbons (Fsp3) is 0.636. The first-order chi connectivity index (χ1) is 7.97. The Balaban J connectivity index is 2.01. The van der Waals surface area contributed by atoms with E-state index in [0.29, 0.717) is 16.8 Å². The van der Waals surface area contributed by atoms with Crippen molar-refractivity contribution in [1.29, 1.82) is 0 Å². The Morgan fingerprint density at radius 3 is 2.76 bits per heavy atom. The molecule has 1 aromatic heterocycles. The van der Waals surface area contributed by atoms with Crippen molar-refractivity contribution in [2.75, 3.05) is 0 Å². The van der Waals surface area contributed by atoms with Gasteiger partial charge in [0.2, 0.25) is 10.0 Å². The van der Waals surface area contributed by atoms with E-state index in [9.17, 15) is 8.42 Å². The van der Waals surface area contributed by atoms with Crippen molar-refractivity contribution in [2.45, 2.75) is 49.5 Å². The van der Waals surface area contributed by atoms with Crippen LogP contribution in [0.25, 0.3) is 0 Å². The van der Waals surface area contributed by atoms with E-state index in [2.05, 4.69) is 23.9 Å². The predicted octanol–water partition coefficient (Wildman–Crippen LogP) is 1.69. The molecule has 2 N–H and O–H groups in total. The maximum Gasteiger partial charge on any atom is 0.250 e. The molecule has 0 unspecified atom stereocenters. The molecule has 1 saturated carbocycles. The summed E-state index contributed by atoms with van der Waals surface area (Å²) >= 11 is 1.29. The van der Waals surface area contributed by atoms with Crippen molar-refractivity contribution in [3.63, 3.8) is 0 Å². The largest absolute Gasteiger partial charge is 0.310 e. The van der Waals surface area contributed by atoms with Crippen LogP contribution in [-0.4, -0.2) is 20.5 Å². The summed E-state index contributed by atoms with van der Waals surface area (Å²) in [5.74, 6) is 0. The van der Waals surface area contributed by atoms with E-state index in [0.717, 1.165) is 18.4 Å². The molecule has 6 heteroatoms. The molecule has 17 heavy (non-hydrogen) atoms. The minimum atomic E-state index is -3.27. The maximum absolute atomic E-state index is 11.9. The fourth-order valence-electron chi connectivity index (χ4n) is 1.39. The summed E-state index contributed by atoms with van der Waals surface area (Å²) in [6.45, 7) is 4.85. The zero-order valence-electron chi connectivity index (χ0n) is 10.1. The normalized spacial score (nSPS) is 16.6. The van der Waals surface area contributed by atoms with E-state index in [1.54, 1.807) is 6.07 Å². The summed E-state index contributed by atoms with van der Waals surface area (Å²) < 4.78 is 26.9. The van der Waals surface area contributed by atoms with Gasteiger partial charge in [0.05, 0.1) is 0 Å². The van der Waals surface area contributed by atoms with E-state index < -0.39 is 10.0 Å². The third-order valence-electron chi connectivity index (χ3n) is 2.51. The van der Waals surface area contributed by atoms with Gasteiger partial charge in [0.1, 0.15) is 4.21 Å². The van der Waals surface area contributed by atoms with Crippen molar-refractivity contribution in [1.82, 2.24) is 10.0 Å². The molecule has 0 radical (unpaired) electrons. The molecule has 0 aromatic carbocycles. The standard InChI is InChI=1S/C11H18N2O2S2/c1-8(2)12-6-9-5-11(16-7-9)17(14,15)13-10-3-4-10/h5,7-8,10,12-13H,3-4,6H2,1-2H3. The van der Waals surface area contributed by atoms with Gasteiger partial charge < -0.3 is 5.32 Å². The third kappa shape index (κ3) is 3.77. The summed E-state index contributed by atoms with van der Waals surface area (Å²) in [6, 6.07) is 2.32. The Labute approximate surface area is 106 Å². The molecule has 1 heterocycles. The van der Waals surface area contributed by atoms with Crippen molar-refractivity contribution in [3.05, 3.63) is 17.0 Å². The Kier molecular flexibility index (Phi) is 3.87. The number of sulfonamides is 1. The second-order valence-corrected chi connectivity index (χ2v) is 7.56. The quantitative estimate of drug-likeness (QED) is 0.830. The second-order valence-electron chi connectivity index (χ2n) is 4.71. The highest BCUT2D eigenvalue weighted by molar-refractivity contribution is 7.91. The Morgan fingerprint density at radius 2 is 2.18 bits per heavy atom. The lowest BCUT2D eigenvalue weighted by Gasteiger charge is -2.05. The molecule has 96 valence electrons. The van der Waals surface area contributed by atoms with Crippen LogP contribution in [0.2, 0.25) is 0 Å². The molecule has 4 nitrogen and oxygen atoms in total. The zero-order valence-corrected chi connectivity index (χ0v) is 11.7. The Bertz CT molecular complexity index is 475. The van der Waals surface area contributed by atoms with Crippen molar-refractivity contribution < 1.29 is 8.42 Å². The summed E-state index contributed by atoms with van der Waals surface area (Å²) in [5.41, 5.74) is 1.03. The van der Waals surface area contributed by atoms with Gasteiger partial charge in [-0.15, -0.1) is 11.3 Å². The van der Waals surface area contributed by atoms with E-state index in [1.807, 2.05) is 5.38 Å². The van der Waals surface area contributed by atoms with Gasteiger partial charge >= 0.3 is 0 Å². The molecule has 0 saturated heterocycles. The van der Waals surface area contributed by atoms with E-state index in [1.165, 1.54) is 11.3 Å². The Morgan fingerprint density at radius 1 is 1.47 bits per heavy atom. The van der Waals surface area contributed by atoms with Gasteiger partial charge in [0.25, 0.3) is 0 Å². The van der Waals surface area contributed by atoms with Crippen molar-refractivity contribution >= 4 is 21.4 Å². The lowest BCUT2D eigenvalue weighted by molar-refractivity contribution is 0.582. The lowest BCUT2D eigenvalue weighted by Crippen LogP contribution is -2.25. The number of thiophene rings is 1. The van der Waals surface area contributed by atoms with Gasteiger partial charge in [-0.25, -0.2) is 13.1 Å². The second kappa shape index (κ2) is 5.06. The van der Waals surface area contributed by atoms with Gasteiger partial charge in [-0.3, -0.25) is 0 Å². The van der Waals surface area contributed by atoms with Gasteiger partial charge in [-0.05, 0) is 29.9 Å². The van der Waals surface area contributed by atoms with Gasteiger partial charge in [-0.1, -0.05) is 13.8 Å². The van der Waals surface area contributed by atoms with Crippen LogP contribution in [0.3, 0.4) is 0 Å². The van der Waals surface area contributed by atoms with Crippen LogP contribution in [0.15, 0.2) is 15.7 Å². The van der Waals surface area contributed by atoms with Crippen molar-refractivity contribution in [3.8, 4) is 0 Å². The topological polar surface area (TPSA) is 58.2 Å². The van der Waals surface area contributed by atoms with E-state index >= 15 is 0 Å². The molecule has 2 rings (SSSR count). The van der Waals surface area contributed by atoms with Crippen LogP contribution in [-0.2, 0) is 16.6 Å². The molecule has 0 bridgehead atoms. The van der Waals surface area contributed by atoms with Crippen LogP contribution in [0.4, 0.5) is 0 Å². The number of hydrogen-bond donors (Lipinski definition) is 2. The molecule has 0 amide bonds. The average Bonchev–Trinajstić information content (AvgIpc) is 2.90. The SMILES string of the molecule is CC(C)NCc1csc(S(=O)(=O)NC2CC2)c1. The van der Waals surface area contributed by atoms with Crippen LogP contribution >= 0.6 is 11.3 Å². The summed E-state index contributed by atoms with van der Waals surface area (Å²) in [4.78, 5) is 0. The highest BCUT2D eigenvalue weighted by Gasteiger charge is 2.28. The van der Waals surface area contributed by atoms with Gasteiger partial charge in [-0.2, -0.15) is 0 Å². The van der Waals surface area contributed by atoms with E-state index in [4.69, 9.17) is 0 Å². The molecule has 1 aromatic rings. The van der Waals surface area contributed by atoms with Gasteiger partial charge in [0, 0.05) is 18.6 Å². The van der Waals surface area contributed by atoms with Gasteiger partial charge in [0.15, 0.2) is 0 Å². The van der Waals surface area contributed by atoms with Crippen LogP contribution in [0.1, 0.15) is 32.3 Å². The fourth-order valence-corrected chi connectivity index (χ4v) is 3.92. The number of rotatable bonds is 6. The molecule has 1 fully saturated rings. The number of nitrogens with one attached hydrogen (secondary N) is 2. The first-order valence-corrected chi connectivity index (χ1v) is 8.17. The monoisotopic (exact) mass is 274 g/mol. The van der Waals surface area contributed by atoms with Crippen LogP contribution in [0, 0.1) is 0 Å². The molecule has 0 spiro atoms. The molecular formula is C11H18N2O2S2. The van der Waals surface area contributed by atoms with Crippen LogP contribution in [0.5, 0.6) is 0 Å². The summed E-state index contributed by atoms with van der Waals surface area (Å²) in [5, 5.41) is 5.17. The first kappa shape index (κ1) is 13.0. The molecule has 1 aliphatic carbocycles. The van der Waals surface area contributed by atoms with Crippen molar-refractivity contribution in [2.24, 2.45) is 0 Å². The third-order valence-corrected chi connectivity index (χ3v) is 5.52. The minimum absolute atomic E-state index is 0.166. The molecular weight excluding hydrogens is 256 g/mol. The molecule has 0 aliphatic heterocycles. The molecule has 1 aliphatic rings. The first-order valence-electron chi connectivity index (χ1n) is 5.80. The molecule has 0 atom stereocenters. The Hall–Kier alpha value is -0.430. The highest BCUT2D eigenvalue weighted by atomic mass is 32.2. The summed E-state index contributed by atoms with van der Waals surface area (Å²) in [7, 11) is -3.27. The minimum Gasteiger partial charge on any atom is -0.310 e. The lowest BCUT2D eigenvalue weighted by atomic mass is 10.3. The predicted molar refractivity (Wildman–Crippen MR) is 69.6 cm³/mol. The highest BCUT2D eigenvalue weighted by Crippen LogP contribution is 2.25.